The summed E-state index contributed by atoms with van der Waals surface area (Å²) >= 11 is 6.27. The fraction of sp³-hybridized carbons (Fsp3) is 0.615. The van der Waals surface area contributed by atoms with E-state index in [0.717, 1.165) is 18.0 Å². The summed E-state index contributed by atoms with van der Waals surface area (Å²) in [4.78, 5) is 15.1. The topological polar surface area (TPSA) is 56.1 Å². The van der Waals surface area contributed by atoms with Gasteiger partial charge in [-0.2, -0.15) is 4.98 Å². The zero-order valence-electron chi connectivity index (χ0n) is 12.5. The normalized spacial score (nSPS) is 14.8. The number of ether oxygens (including phenoxy) is 1. The Bertz CT molecular complexity index is 596. The molecule has 2 unspecified atom stereocenters. The number of halogens is 1. The van der Waals surface area contributed by atoms with Gasteiger partial charge in [-0.05, 0) is 27.9 Å². The van der Waals surface area contributed by atoms with Crippen molar-refractivity contribution in [3.05, 3.63) is 12.2 Å². The van der Waals surface area contributed by atoms with Gasteiger partial charge in [0.15, 0.2) is 11.2 Å². The van der Waals surface area contributed by atoms with Crippen LogP contribution in [0.25, 0.3) is 11.2 Å². The molecule has 0 aliphatic carbocycles. The molecule has 0 N–H and O–H groups in total. The molecule has 0 saturated heterocycles. The molecule has 2 aromatic heterocycles. The summed E-state index contributed by atoms with van der Waals surface area (Å²) in [7, 11) is 5.65. The molecule has 110 valence electrons. The molecule has 20 heavy (non-hydrogen) atoms. The molecule has 0 aliphatic rings. The zero-order chi connectivity index (χ0) is 14.9. The van der Waals surface area contributed by atoms with Crippen LogP contribution in [0.4, 0.5) is 0 Å². The van der Waals surface area contributed by atoms with Gasteiger partial charge < -0.3 is 14.2 Å². The fourth-order valence-corrected chi connectivity index (χ4v) is 2.53. The van der Waals surface area contributed by atoms with Gasteiger partial charge in [-0.3, -0.25) is 0 Å². The summed E-state index contributed by atoms with van der Waals surface area (Å²) < 4.78 is 7.32. The highest BCUT2D eigenvalue weighted by molar-refractivity contribution is 6.20. The summed E-state index contributed by atoms with van der Waals surface area (Å²) in [5.74, 6) is 1.26. The molecule has 0 fully saturated rings. The van der Waals surface area contributed by atoms with Gasteiger partial charge in [0, 0.05) is 12.6 Å². The Labute approximate surface area is 123 Å². The maximum atomic E-state index is 6.27. The monoisotopic (exact) mass is 297 g/mol. The highest BCUT2D eigenvalue weighted by atomic mass is 35.5. The lowest BCUT2D eigenvalue weighted by Crippen LogP contribution is -2.24. The molecular formula is C13H20ClN5O. The van der Waals surface area contributed by atoms with Crippen molar-refractivity contribution in [1.82, 2.24) is 24.4 Å². The Balaban J connectivity index is 2.63. The van der Waals surface area contributed by atoms with E-state index < -0.39 is 0 Å². The minimum absolute atomic E-state index is 0.200. The number of nitrogens with zero attached hydrogens (tertiary/aromatic N) is 5. The van der Waals surface area contributed by atoms with E-state index >= 15 is 0 Å². The Morgan fingerprint density at radius 3 is 2.60 bits per heavy atom. The smallest absolute Gasteiger partial charge is 0.245 e. The molecule has 0 saturated carbocycles. The fourth-order valence-electron chi connectivity index (χ4n) is 2.38. The van der Waals surface area contributed by atoms with Crippen molar-refractivity contribution in [2.45, 2.75) is 25.3 Å². The number of aromatic nitrogens is 4. The van der Waals surface area contributed by atoms with Gasteiger partial charge in [0.25, 0.3) is 0 Å². The second kappa shape index (κ2) is 5.93. The Morgan fingerprint density at radius 1 is 1.35 bits per heavy atom. The molecule has 0 amide bonds. The van der Waals surface area contributed by atoms with Crippen molar-refractivity contribution in [2.24, 2.45) is 0 Å². The van der Waals surface area contributed by atoms with Crippen LogP contribution >= 0.6 is 11.6 Å². The molecule has 7 heteroatoms. The quantitative estimate of drug-likeness (QED) is 0.792. The Morgan fingerprint density at radius 2 is 2.05 bits per heavy atom. The van der Waals surface area contributed by atoms with E-state index in [9.17, 15) is 0 Å². The van der Waals surface area contributed by atoms with Gasteiger partial charge in [-0.25, -0.2) is 9.97 Å². The average Bonchev–Trinajstić information content (AvgIpc) is 2.77. The molecular weight excluding hydrogens is 278 g/mol. The number of hydrogen-bond acceptors (Lipinski definition) is 5. The summed E-state index contributed by atoms with van der Waals surface area (Å²) in [6.45, 7) is 4.90. The highest BCUT2D eigenvalue weighted by Crippen LogP contribution is 2.30. The maximum absolute atomic E-state index is 6.27. The number of fused-ring (bicyclic) bond motifs is 1. The van der Waals surface area contributed by atoms with Crippen LogP contribution in [-0.4, -0.2) is 52.2 Å². The first kappa shape index (κ1) is 15.0. The molecule has 0 spiro atoms. The summed E-state index contributed by atoms with van der Waals surface area (Å²) in [6.07, 6.45) is 1.49. The van der Waals surface area contributed by atoms with Crippen LogP contribution in [0, 0.1) is 0 Å². The van der Waals surface area contributed by atoms with Gasteiger partial charge in [0.05, 0.1) is 12.5 Å². The summed E-state index contributed by atoms with van der Waals surface area (Å²) in [5.41, 5.74) is 1.41. The van der Waals surface area contributed by atoms with Crippen LogP contribution in [-0.2, 0) is 0 Å². The van der Waals surface area contributed by atoms with Gasteiger partial charge in [-0.1, -0.05) is 0 Å². The second-order valence-electron chi connectivity index (χ2n) is 5.12. The van der Waals surface area contributed by atoms with E-state index in [-0.39, 0.29) is 11.4 Å². The third kappa shape index (κ3) is 2.71. The van der Waals surface area contributed by atoms with E-state index in [2.05, 4.69) is 31.3 Å². The average molecular weight is 298 g/mol. The Kier molecular flexibility index (Phi) is 4.45. The number of rotatable bonds is 5. The lowest BCUT2D eigenvalue weighted by molar-refractivity contribution is 0.335. The van der Waals surface area contributed by atoms with Crippen LogP contribution in [0.2, 0.25) is 0 Å². The van der Waals surface area contributed by atoms with E-state index in [4.69, 9.17) is 16.3 Å². The van der Waals surface area contributed by atoms with Crippen molar-refractivity contribution in [1.29, 1.82) is 0 Å². The Hall–Kier alpha value is -1.40. The molecule has 0 aromatic carbocycles. The lowest BCUT2D eigenvalue weighted by Gasteiger charge is -2.21. The summed E-state index contributed by atoms with van der Waals surface area (Å²) in [5, 5.41) is -0.210. The number of methoxy groups -OCH3 is 1. The maximum Gasteiger partial charge on any atom is 0.245 e. The largest absolute Gasteiger partial charge is 0.479 e. The SMILES string of the molecule is COc1ncnc2c1nc(C(C)Cl)n2C(C)CN(C)C. The first-order valence-corrected chi connectivity index (χ1v) is 6.95. The number of alkyl halides is 1. The van der Waals surface area contributed by atoms with Crippen LogP contribution < -0.4 is 4.74 Å². The number of imidazole rings is 1. The second-order valence-corrected chi connectivity index (χ2v) is 5.78. The molecule has 2 rings (SSSR count). The summed E-state index contributed by atoms with van der Waals surface area (Å²) in [6, 6.07) is 0.200. The minimum atomic E-state index is -0.210. The standard InChI is InChI=1S/C13H20ClN5O/c1-8(6-18(3)4)19-11(9(2)14)17-10-12(19)15-7-16-13(10)20-5/h7-9H,6H2,1-5H3. The van der Waals surface area contributed by atoms with Gasteiger partial charge in [0.2, 0.25) is 5.88 Å². The first-order chi connectivity index (χ1) is 9.45. The van der Waals surface area contributed by atoms with Crippen molar-refractivity contribution >= 4 is 22.8 Å². The van der Waals surface area contributed by atoms with Gasteiger partial charge in [-0.15, -0.1) is 11.6 Å². The van der Waals surface area contributed by atoms with Crippen LogP contribution in [0.5, 0.6) is 5.88 Å². The molecule has 0 bridgehead atoms. The van der Waals surface area contributed by atoms with Crippen LogP contribution in [0.3, 0.4) is 0 Å². The van der Waals surface area contributed by atoms with E-state index in [0.29, 0.717) is 11.4 Å². The van der Waals surface area contributed by atoms with Crippen LogP contribution in [0.15, 0.2) is 6.33 Å². The van der Waals surface area contributed by atoms with Crippen molar-refractivity contribution in [2.75, 3.05) is 27.7 Å². The van der Waals surface area contributed by atoms with E-state index in [1.54, 1.807) is 7.11 Å². The molecule has 2 aromatic rings. The predicted octanol–water partition coefficient (Wildman–Crippen LogP) is 2.26. The first-order valence-electron chi connectivity index (χ1n) is 6.51. The van der Waals surface area contributed by atoms with Crippen molar-refractivity contribution in [3.8, 4) is 5.88 Å². The number of hydrogen-bond donors (Lipinski definition) is 0. The van der Waals surface area contributed by atoms with Gasteiger partial charge in [0.1, 0.15) is 12.2 Å². The van der Waals surface area contributed by atoms with E-state index in [1.165, 1.54) is 6.33 Å². The van der Waals surface area contributed by atoms with Crippen molar-refractivity contribution in [3.63, 3.8) is 0 Å². The highest BCUT2D eigenvalue weighted by Gasteiger charge is 2.22. The zero-order valence-corrected chi connectivity index (χ0v) is 13.2. The predicted molar refractivity (Wildman–Crippen MR) is 79.4 cm³/mol. The molecule has 6 nitrogen and oxygen atoms in total. The minimum Gasteiger partial charge on any atom is -0.479 e. The molecule has 2 heterocycles. The third-order valence-electron chi connectivity index (χ3n) is 3.09. The molecule has 2 atom stereocenters. The molecule has 0 aliphatic heterocycles. The lowest BCUT2D eigenvalue weighted by atomic mass is 10.3. The van der Waals surface area contributed by atoms with Crippen molar-refractivity contribution < 1.29 is 4.74 Å². The van der Waals surface area contributed by atoms with Crippen LogP contribution in [0.1, 0.15) is 31.1 Å². The number of likely N-dealkylation sites (N-methyl/N-ethyl adjacent to an activating group) is 1. The molecule has 0 radical (unpaired) electrons. The third-order valence-corrected chi connectivity index (χ3v) is 3.29. The van der Waals surface area contributed by atoms with Gasteiger partial charge >= 0.3 is 0 Å². The van der Waals surface area contributed by atoms with E-state index in [1.807, 2.05) is 21.0 Å².